The Morgan fingerprint density at radius 1 is 0.909 bits per heavy atom. The van der Waals surface area contributed by atoms with E-state index in [1.54, 1.807) is 24.3 Å². The van der Waals surface area contributed by atoms with Gasteiger partial charge in [-0.2, -0.15) is 4.31 Å². The lowest BCUT2D eigenvalue weighted by molar-refractivity contribution is -0.118. The van der Waals surface area contributed by atoms with E-state index < -0.39 is 10.0 Å². The predicted molar refractivity (Wildman–Crippen MR) is 129 cm³/mol. The largest absolute Gasteiger partial charge is 0.484 e. The molecular formula is C26H28N2O4S. The van der Waals surface area contributed by atoms with Crippen LogP contribution in [0.2, 0.25) is 0 Å². The zero-order chi connectivity index (χ0) is 23.6. The molecule has 0 atom stereocenters. The molecule has 3 aromatic carbocycles. The highest BCUT2D eigenvalue weighted by molar-refractivity contribution is 7.89. The summed E-state index contributed by atoms with van der Waals surface area (Å²) in [7, 11) is -3.58. The van der Waals surface area contributed by atoms with Crippen LogP contribution in [0.15, 0.2) is 65.6 Å². The van der Waals surface area contributed by atoms with E-state index in [1.165, 1.54) is 4.31 Å². The van der Waals surface area contributed by atoms with Gasteiger partial charge in [-0.3, -0.25) is 4.79 Å². The first-order chi connectivity index (χ1) is 15.7. The van der Waals surface area contributed by atoms with Gasteiger partial charge in [0.1, 0.15) is 5.75 Å². The van der Waals surface area contributed by atoms with Crippen LogP contribution in [-0.2, 0) is 27.8 Å². The fraction of sp³-hybridized carbons (Fsp3) is 0.269. The van der Waals surface area contributed by atoms with Gasteiger partial charge in [0.15, 0.2) is 6.61 Å². The number of sulfonamides is 1. The highest BCUT2D eigenvalue weighted by atomic mass is 32.2. The number of hydrogen-bond donors (Lipinski definition) is 1. The van der Waals surface area contributed by atoms with Crippen molar-refractivity contribution in [1.29, 1.82) is 0 Å². The lowest BCUT2D eigenvalue weighted by Crippen LogP contribution is -2.36. The van der Waals surface area contributed by atoms with Crippen LogP contribution in [0.25, 0.3) is 0 Å². The number of benzene rings is 3. The van der Waals surface area contributed by atoms with Gasteiger partial charge in [0.05, 0.1) is 4.90 Å². The van der Waals surface area contributed by atoms with Crippen LogP contribution in [0.1, 0.15) is 27.8 Å². The monoisotopic (exact) mass is 464 g/mol. The minimum Gasteiger partial charge on any atom is -0.484 e. The van der Waals surface area contributed by atoms with Crippen molar-refractivity contribution in [2.75, 3.05) is 18.5 Å². The van der Waals surface area contributed by atoms with Gasteiger partial charge in [0.2, 0.25) is 10.0 Å². The average molecular weight is 465 g/mol. The molecule has 0 fully saturated rings. The third-order valence-corrected chi connectivity index (χ3v) is 7.55. The molecule has 1 amide bonds. The standard InChI is InChI=1S/C26H28N2O4S/c1-18-4-8-25(9-5-18)33(30,31)28-11-10-21-6-7-23(15-22(21)16-28)27-26(29)17-32-24-13-19(2)12-20(3)14-24/h4-9,12-15H,10-11,16-17H2,1-3H3,(H,27,29). The molecule has 0 spiro atoms. The van der Waals surface area contributed by atoms with Crippen molar-refractivity contribution in [3.63, 3.8) is 0 Å². The Labute approximate surface area is 195 Å². The molecule has 0 bridgehead atoms. The van der Waals surface area contributed by atoms with Crippen LogP contribution >= 0.6 is 0 Å². The van der Waals surface area contributed by atoms with Crippen molar-refractivity contribution in [2.45, 2.75) is 38.6 Å². The SMILES string of the molecule is Cc1ccc(S(=O)(=O)N2CCc3ccc(NC(=O)COc4cc(C)cc(C)c4)cc3C2)cc1. The summed E-state index contributed by atoms with van der Waals surface area (Å²) in [4.78, 5) is 12.7. The van der Waals surface area contributed by atoms with E-state index in [2.05, 4.69) is 5.32 Å². The Bertz CT molecular complexity index is 1260. The van der Waals surface area contributed by atoms with E-state index in [4.69, 9.17) is 4.74 Å². The first kappa shape index (κ1) is 23.0. The normalized spacial score (nSPS) is 13.9. The van der Waals surface area contributed by atoms with E-state index in [9.17, 15) is 13.2 Å². The molecule has 1 N–H and O–H groups in total. The molecule has 6 nitrogen and oxygen atoms in total. The maximum absolute atomic E-state index is 13.1. The summed E-state index contributed by atoms with van der Waals surface area (Å²) in [5.41, 5.74) is 5.77. The van der Waals surface area contributed by atoms with Crippen molar-refractivity contribution in [3.8, 4) is 5.75 Å². The first-order valence-electron chi connectivity index (χ1n) is 10.9. The Morgan fingerprint density at radius 2 is 1.61 bits per heavy atom. The van der Waals surface area contributed by atoms with Crippen molar-refractivity contribution in [3.05, 3.63) is 88.5 Å². The minimum absolute atomic E-state index is 0.103. The number of anilines is 1. The fourth-order valence-electron chi connectivity index (χ4n) is 4.04. The van der Waals surface area contributed by atoms with Crippen molar-refractivity contribution in [1.82, 2.24) is 4.31 Å². The maximum atomic E-state index is 13.1. The number of ether oxygens (including phenoxy) is 1. The molecule has 0 saturated carbocycles. The number of fused-ring (bicyclic) bond motifs is 1. The number of amides is 1. The van der Waals surface area contributed by atoms with E-state index in [1.807, 2.05) is 57.2 Å². The summed E-state index contributed by atoms with van der Waals surface area (Å²) in [6.45, 7) is 6.49. The summed E-state index contributed by atoms with van der Waals surface area (Å²) in [6, 6.07) is 18.4. The van der Waals surface area contributed by atoms with Crippen LogP contribution in [0.3, 0.4) is 0 Å². The van der Waals surface area contributed by atoms with Gasteiger partial charge < -0.3 is 10.1 Å². The number of aryl methyl sites for hydroxylation is 3. The number of carbonyl (C=O) groups excluding carboxylic acids is 1. The maximum Gasteiger partial charge on any atom is 0.262 e. The number of rotatable bonds is 6. The second-order valence-electron chi connectivity index (χ2n) is 8.55. The highest BCUT2D eigenvalue weighted by Crippen LogP contribution is 2.27. The number of hydrogen-bond acceptors (Lipinski definition) is 4. The van der Waals surface area contributed by atoms with Gasteiger partial charge in [-0.25, -0.2) is 8.42 Å². The second kappa shape index (κ2) is 9.37. The van der Waals surface area contributed by atoms with E-state index in [0.29, 0.717) is 29.3 Å². The minimum atomic E-state index is -3.58. The van der Waals surface area contributed by atoms with Gasteiger partial charge in [-0.1, -0.05) is 29.8 Å². The highest BCUT2D eigenvalue weighted by Gasteiger charge is 2.28. The van der Waals surface area contributed by atoms with Crippen molar-refractivity contribution in [2.24, 2.45) is 0 Å². The molecule has 33 heavy (non-hydrogen) atoms. The Hall–Kier alpha value is -3.16. The molecule has 0 aliphatic carbocycles. The molecule has 172 valence electrons. The van der Waals surface area contributed by atoms with E-state index >= 15 is 0 Å². The van der Waals surface area contributed by atoms with Crippen LogP contribution in [0.4, 0.5) is 5.69 Å². The van der Waals surface area contributed by atoms with Gasteiger partial charge in [-0.15, -0.1) is 0 Å². The predicted octanol–water partition coefficient (Wildman–Crippen LogP) is 4.38. The van der Waals surface area contributed by atoms with Crippen LogP contribution < -0.4 is 10.1 Å². The van der Waals surface area contributed by atoms with Gasteiger partial charge >= 0.3 is 0 Å². The van der Waals surface area contributed by atoms with Gasteiger partial charge in [0, 0.05) is 18.8 Å². The number of nitrogens with one attached hydrogen (secondary N) is 1. The number of carbonyl (C=O) groups is 1. The zero-order valence-corrected chi connectivity index (χ0v) is 19.9. The lowest BCUT2D eigenvalue weighted by Gasteiger charge is -2.28. The Kier molecular flexibility index (Phi) is 6.54. The summed E-state index contributed by atoms with van der Waals surface area (Å²) in [6.07, 6.45) is 0.629. The van der Waals surface area contributed by atoms with Gasteiger partial charge in [0.25, 0.3) is 5.91 Å². The third-order valence-electron chi connectivity index (χ3n) is 5.69. The quantitative estimate of drug-likeness (QED) is 0.588. The molecular weight excluding hydrogens is 436 g/mol. The molecule has 1 aliphatic heterocycles. The van der Waals surface area contributed by atoms with Gasteiger partial charge in [-0.05, 0) is 85.8 Å². The smallest absolute Gasteiger partial charge is 0.262 e. The van der Waals surface area contributed by atoms with Crippen LogP contribution in [0, 0.1) is 20.8 Å². The Balaban J connectivity index is 1.43. The molecule has 1 heterocycles. The third kappa shape index (κ3) is 5.43. The summed E-state index contributed by atoms with van der Waals surface area (Å²) in [5.74, 6) is 0.388. The molecule has 3 aromatic rings. The van der Waals surface area contributed by atoms with Crippen LogP contribution in [0.5, 0.6) is 5.75 Å². The molecule has 1 aliphatic rings. The number of nitrogens with zero attached hydrogens (tertiary/aromatic N) is 1. The summed E-state index contributed by atoms with van der Waals surface area (Å²) >= 11 is 0. The molecule has 0 aromatic heterocycles. The lowest BCUT2D eigenvalue weighted by atomic mass is 10.0. The topological polar surface area (TPSA) is 75.7 Å². The van der Waals surface area contributed by atoms with Crippen molar-refractivity contribution >= 4 is 21.6 Å². The van der Waals surface area contributed by atoms with Crippen LogP contribution in [-0.4, -0.2) is 31.8 Å². The fourth-order valence-corrected chi connectivity index (χ4v) is 5.45. The van der Waals surface area contributed by atoms with E-state index in [-0.39, 0.29) is 19.1 Å². The second-order valence-corrected chi connectivity index (χ2v) is 10.5. The molecule has 0 saturated heterocycles. The van der Waals surface area contributed by atoms with Crippen molar-refractivity contribution < 1.29 is 17.9 Å². The molecule has 4 rings (SSSR count). The first-order valence-corrected chi connectivity index (χ1v) is 12.3. The average Bonchev–Trinajstić information content (AvgIpc) is 2.77. The van der Waals surface area contributed by atoms with E-state index in [0.717, 1.165) is 27.8 Å². The zero-order valence-electron chi connectivity index (χ0n) is 19.1. The molecule has 0 unspecified atom stereocenters. The molecule has 7 heteroatoms. The Morgan fingerprint density at radius 3 is 2.30 bits per heavy atom. The summed E-state index contributed by atoms with van der Waals surface area (Å²) < 4.78 is 33.3. The summed E-state index contributed by atoms with van der Waals surface area (Å²) in [5, 5.41) is 2.85. The molecule has 0 radical (unpaired) electrons.